The molecule has 0 amide bonds. The van der Waals surface area contributed by atoms with E-state index in [4.69, 9.17) is 0 Å². The van der Waals surface area contributed by atoms with Gasteiger partial charge >= 0.3 is 0 Å². The van der Waals surface area contributed by atoms with E-state index in [0.717, 1.165) is 0 Å². The Kier molecular flexibility index (Phi) is 4.68. The topological polar surface area (TPSA) is 16.1 Å². The van der Waals surface area contributed by atoms with Crippen LogP contribution in [0.25, 0.3) is 0 Å². The van der Waals surface area contributed by atoms with Crippen LogP contribution in [0.2, 0.25) is 0 Å². The molecule has 0 aromatic carbocycles. The van der Waals surface area contributed by atoms with Crippen LogP contribution in [0, 0.1) is 0 Å². The summed E-state index contributed by atoms with van der Waals surface area (Å²) in [5.74, 6) is 0. The Balaban J connectivity index is 2.26. The summed E-state index contributed by atoms with van der Waals surface area (Å²) >= 11 is 1.89. The third-order valence-electron chi connectivity index (χ3n) is 3.46. The van der Waals surface area contributed by atoms with E-state index in [0.29, 0.717) is 17.3 Å². The Hall–Kier alpha value is -0.540. The van der Waals surface area contributed by atoms with Gasteiger partial charge in [-0.2, -0.15) is 0 Å². The van der Waals surface area contributed by atoms with Crippen molar-refractivity contribution in [1.82, 2.24) is 9.88 Å². The number of pyridine rings is 1. The molecule has 18 heavy (non-hydrogen) atoms. The summed E-state index contributed by atoms with van der Waals surface area (Å²) in [4.78, 5) is 7.21. The number of aromatic nitrogens is 1. The van der Waals surface area contributed by atoms with E-state index in [2.05, 4.69) is 49.7 Å². The molecule has 0 spiro atoms. The van der Waals surface area contributed by atoms with Gasteiger partial charge in [-0.3, -0.25) is 4.90 Å². The van der Waals surface area contributed by atoms with Gasteiger partial charge in [-0.25, -0.2) is 4.98 Å². The largest absolute Gasteiger partial charge is 0.294 e. The normalized spacial score (nSPS) is 21.1. The van der Waals surface area contributed by atoms with Crippen LogP contribution < -0.4 is 0 Å². The third kappa shape index (κ3) is 3.07. The van der Waals surface area contributed by atoms with Crippen molar-refractivity contribution >= 4 is 11.8 Å². The fourth-order valence-electron chi connectivity index (χ4n) is 2.72. The minimum Gasteiger partial charge on any atom is -0.294 e. The first-order valence-electron chi connectivity index (χ1n) is 6.97. The number of nitrogens with zero attached hydrogens (tertiary/aromatic N) is 2. The van der Waals surface area contributed by atoms with Crippen LogP contribution in [0.15, 0.2) is 23.4 Å². The highest BCUT2D eigenvalue weighted by molar-refractivity contribution is 7.99. The van der Waals surface area contributed by atoms with E-state index in [1.807, 2.05) is 18.0 Å². The zero-order valence-electron chi connectivity index (χ0n) is 11.9. The maximum Gasteiger partial charge on any atom is 0.101 e. The highest BCUT2D eigenvalue weighted by Crippen LogP contribution is 2.38. The first-order valence-corrected chi connectivity index (χ1v) is 7.85. The maximum absolute atomic E-state index is 4.59. The van der Waals surface area contributed by atoms with Gasteiger partial charge in [-0.1, -0.05) is 19.9 Å². The second-order valence-electron chi connectivity index (χ2n) is 5.55. The lowest BCUT2D eigenvalue weighted by Crippen LogP contribution is -2.30. The molecule has 1 fully saturated rings. The molecule has 1 unspecified atom stereocenters. The Labute approximate surface area is 115 Å². The Morgan fingerprint density at radius 2 is 2.11 bits per heavy atom. The Morgan fingerprint density at radius 3 is 2.78 bits per heavy atom. The molecule has 1 aliphatic heterocycles. The van der Waals surface area contributed by atoms with Crippen LogP contribution in [0.3, 0.4) is 0 Å². The summed E-state index contributed by atoms with van der Waals surface area (Å²) in [5, 5.41) is 1.82. The van der Waals surface area contributed by atoms with Crippen LogP contribution in [-0.4, -0.2) is 27.7 Å². The second-order valence-corrected chi connectivity index (χ2v) is 7.12. The minimum absolute atomic E-state index is 0.569. The molecule has 100 valence electrons. The highest BCUT2D eigenvalue weighted by Gasteiger charge is 2.29. The van der Waals surface area contributed by atoms with Crippen molar-refractivity contribution in [3.05, 3.63) is 23.9 Å². The van der Waals surface area contributed by atoms with Gasteiger partial charge in [0, 0.05) is 29.1 Å². The molecular weight excluding hydrogens is 240 g/mol. The third-order valence-corrected chi connectivity index (χ3v) is 4.50. The van der Waals surface area contributed by atoms with Gasteiger partial charge in [0.2, 0.25) is 0 Å². The van der Waals surface area contributed by atoms with Gasteiger partial charge in [0.05, 0.1) is 0 Å². The van der Waals surface area contributed by atoms with Gasteiger partial charge in [-0.05, 0) is 39.3 Å². The minimum atomic E-state index is 0.569. The van der Waals surface area contributed by atoms with Crippen molar-refractivity contribution in [1.29, 1.82) is 0 Å². The molecule has 2 rings (SSSR count). The summed E-state index contributed by atoms with van der Waals surface area (Å²) < 4.78 is 0. The Morgan fingerprint density at radius 1 is 1.33 bits per heavy atom. The molecule has 2 nitrogen and oxygen atoms in total. The first-order chi connectivity index (χ1) is 8.59. The fraction of sp³-hybridized carbons (Fsp3) is 0.667. The lowest BCUT2D eigenvalue weighted by atomic mass is 10.1. The molecule has 1 aromatic rings. The van der Waals surface area contributed by atoms with Crippen molar-refractivity contribution < 1.29 is 0 Å². The number of hydrogen-bond acceptors (Lipinski definition) is 3. The average molecular weight is 264 g/mol. The van der Waals surface area contributed by atoms with Crippen LogP contribution in [0.4, 0.5) is 0 Å². The SMILES string of the molecule is CC(C)Sc1ncccc1C1CCCN1C(C)C. The Bertz CT molecular complexity index is 390. The van der Waals surface area contributed by atoms with E-state index < -0.39 is 0 Å². The van der Waals surface area contributed by atoms with E-state index in [1.54, 1.807) is 0 Å². The average Bonchev–Trinajstić information content (AvgIpc) is 2.77. The first kappa shape index (κ1) is 13.9. The highest BCUT2D eigenvalue weighted by atomic mass is 32.2. The van der Waals surface area contributed by atoms with E-state index in [-0.39, 0.29) is 0 Å². The molecule has 0 N–H and O–H groups in total. The smallest absolute Gasteiger partial charge is 0.101 e. The van der Waals surface area contributed by atoms with Crippen LogP contribution >= 0.6 is 11.8 Å². The van der Waals surface area contributed by atoms with Crippen molar-refractivity contribution in [2.24, 2.45) is 0 Å². The predicted octanol–water partition coefficient (Wildman–Crippen LogP) is 4.13. The van der Waals surface area contributed by atoms with Crippen molar-refractivity contribution in [3.63, 3.8) is 0 Å². The molecule has 3 heteroatoms. The maximum atomic E-state index is 4.59. The lowest BCUT2D eigenvalue weighted by molar-refractivity contribution is 0.203. The zero-order valence-corrected chi connectivity index (χ0v) is 12.7. The lowest BCUT2D eigenvalue weighted by Gasteiger charge is -2.29. The van der Waals surface area contributed by atoms with Gasteiger partial charge in [0.25, 0.3) is 0 Å². The molecule has 0 aliphatic carbocycles. The van der Waals surface area contributed by atoms with Gasteiger partial charge in [-0.15, -0.1) is 11.8 Å². The monoisotopic (exact) mass is 264 g/mol. The quantitative estimate of drug-likeness (QED) is 0.761. The molecule has 2 heterocycles. The second kappa shape index (κ2) is 6.07. The standard InChI is InChI=1S/C15H24N2S/c1-11(2)17-10-6-8-14(17)13-7-5-9-16-15(13)18-12(3)4/h5,7,9,11-12,14H,6,8,10H2,1-4H3. The molecular formula is C15H24N2S. The summed E-state index contributed by atoms with van der Waals surface area (Å²) in [6.07, 6.45) is 4.50. The van der Waals surface area contributed by atoms with Crippen molar-refractivity contribution in [2.75, 3.05) is 6.54 Å². The summed E-state index contributed by atoms with van der Waals surface area (Å²) in [7, 11) is 0. The molecule has 0 saturated carbocycles. The number of hydrogen-bond donors (Lipinski definition) is 0. The molecule has 0 radical (unpaired) electrons. The van der Waals surface area contributed by atoms with Crippen LogP contribution in [0.5, 0.6) is 0 Å². The van der Waals surface area contributed by atoms with E-state index in [9.17, 15) is 0 Å². The van der Waals surface area contributed by atoms with Crippen molar-refractivity contribution in [3.8, 4) is 0 Å². The zero-order chi connectivity index (χ0) is 13.1. The number of rotatable bonds is 4. The number of likely N-dealkylation sites (tertiary alicyclic amines) is 1. The molecule has 1 atom stereocenters. The number of thioether (sulfide) groups is 1. The van der Waals surface area contributed by atoms with Crippen LogP contribution in [-0.2, 0) is 0 Å². The summed E-state index contributed by atoms with van der Waals surface area (Å²) in [6, 6.07) is 5.54. The molecule has 0 bridgehead atoms. The fourth-order valence-corrected chi connectivity index (χ4v) is 3.63. The van der Waals surface area contributed by atoms with Crippen molar-refractivity contribution in [2.45, 2.75) is 62.9 Å². The summed E-state index contributed by atoms with van der Waals surface area (Å²) in [5.41, 5.74) is 1.43. The van der Waals surface area contributed by atoms with Gasteiger partial charge in [0.1, 0.15) is 5.03 Å². The van der Waals surface area contributed by atoms with Gasteiger partial charge < -0.3 is 0 Å². The predicted molar refractivity (Wildman–Crippen MR) is 79.0 cm³/mol. The van der Waals surface area contributed by atoms with E-state index >= 15 is 0 Å². The van der Waals surface area contributed by atoms with Crippen LogP contribution in [0.1, 0.15) is 52.1 Å². The molecule has 1 aromatic heterocycles. The molecule has 1 aliphatic rings. The van der Waals surface area contributed by atoms with E-state index in [1.165, 1.54) is 30.0 Å². The molecule has 1 saturated heterocycles. The summed E-state index contributed by atoms with van der Waals surface area (Å²) in [6.45, 7) is 10.3. The van der Waals surface area contributed by atoms with Gasteiger partial charge in [0.15, 0.2) is 0 Å².